The number of halogens is 2. The predicted molar refractivity (Wildman–Crippen MR) is 49.9 cm³/mol. The molecule has 0 aliphatic rings. The molecule has 0 aromatic rings. The van der Waals surface area contributed by atoms with E-state index in [1.165, 1.54) is 0 Å². The third kappa shape index (κ3) is 103000. The van der Waals surface area contributed by atoms with Gasteiger partial charge < -0.3 is 44.0 Å². The highest BCUT2D eigenvalue weighted by atomic mass is 31.2. The van der Waals surface area contributed by atoms with E-state index in [4.69, 9.17) is 57.7 Å². The van der Waals surface area contributed by atoms with Crippen molar-refractivity contribution >= 4 is 23.5 Å². The van der Waals surface area contributed by atoms with E-state index in [2.05, 4.69) is 0 Å². The molecule has 0 aliphatic carbocycles. The standard InChI is InChI=1S/CH2F2.3H3O4P/c2-1-3;3*1-5(2,3)4/h1H2;3*(H3,1,2,3,4). The number of hydrogen-bond acceptors (Lipinski definition) is 3. The van der Waals surface area contributed by atoms with Gasteiger partial charge in [0.05, 0.1) is 0 Å². The first-order valence-corrected chi connectivity index (χ1v) is 7.58. The van der Waals surface area contributed by atoms with Gasteiger partial charge in [0.15, 0.2) is 0 Å². The van der Waals surface area contributed by atoms with E-state index in [-0.39, 0.29) is 0 Å². The van der Waals surface area contributed by atoms with Crippen molar-refractivity contribution in [2.24, 2.45) is 0 Å². The Hall–Kier alpha value is 0.190. The second kappa shape index (κ2) is 12.2. The molecule has 12 nitrogen and oxygen atoms in total. The van der Waals surface area contributed by atoms with Gasteiger partial charge in [0.1, 0.15) is 0 Å². The number of alkyl halides is 2. The molecular formula is CH11F2O12P3. The van der Waals surface area contributed by atoms with Gasteiger partial charge in [-0.1, -0.05) is 0 Å². The van der Waals surface area contributed by atoms with Crippen molar-refractivity contribution in [1.29, 1.82) is 0 Å². The summed E-state index contributed by atoms with van der Waals surface area (Å²) in [7, 11) is -13.9. The van der Waals surface area contributed by atoms with E-state index in [0.717, 1.165) is 0 Å². The zero-order chi connectivity index (χ0) is 16.2. The molecular weight excluding hydrogens is 335 g/mol. The highest BCUT2D eigenvalue weighted by Crippen LogP contribution is 2.26. The Labute approximate surface area is 97.9 Å². The highest BCUT2D eigenvalue weighted by molar-refractivity contribution is 7.45. The lowest BCUT2D eigenvalue weighted by Gasteiger charge is -1.82. The van der Waals surface area contributed by atoms with Gasteiger partial charge in [0.2, 0.25) is 6.93 Å². The highest BCUT2D eigenvalue weighted by Gasteiger charge is 2.01. The van der Waals surface area contributed by atoms with Crippen LogP contribution in [-0.2, 0) is 13.7 Å². The molecule has 0 unspecified atom stereocenters. The fraction of sp³-hybridized carbons (Fsp3) is 1.00. The molecule has 0 aliphatic heterocycles. The van der Waals surface area contributed by atoms with E-state index in [9.17, 15) is 8.78 Å². The average Bonchev–Trinajstić information content (AvgIpc) is 1.71. The lowest BCUT2D eigenvalue weighted by molar-refractivity contribution is 0.272. The van der Waals surface area contributed by atoms with Crippen LogP contribution in [0, 0.1) is 0 Å². The number of rotatable bonds is 0. The second-order valence-corrected chi connectivity index (χ2v) is 4.72. The van der Waals surface area contributed by atoms with E-state index in [0.29, 0.717) is 0 Å². The average molecular weight is 346 g/mol. The molecule has 0 aromatic carbocycles. The summed E-state index contributed by atoms with van der Waals surface area (Å²) in [6.45, 7) is -1.75. The summed E-state index contributed by atoms with van der Waals surface area (Å²) in [6, 6.07) is 0. The zero-order valence-electron chi connectivity index (χ0n) is 8.05. The van der Waals surface area contributed by atoms with Crippen molar-refractivity contribution in [3.63, 3.8) is 0 Å². The summed E-state index contributed by atoms with van der Waals surface area (Å²) in [4.78, 5) is 64.7. The molecule has 0 saturated carbocycles. The van der Waals surface area contributed by atoms with Crippen LogP contribution >= 0.6 is 23.5 Å². The molecule has 0 spiro atoms. The van der Waals surface area contributed by atoms with Crippen LogP contribution in [0.25, 0.3) is 0 Å². The van der Waals surface area contributed by atoms with Gasteiger partial charge in [0, 0.05) is 0 Å². The van der Waals surface area contributed by atoms with Crippen LogP contribution in [-0.4, -0.2) is 51.0 Å². The van der Waals surface area contributed by atoms with Gasteiger partial charge in [-0.3, -0.25) is 0 Å². The van der Waals surface area contributed by atoms with Crippen molar-refractivity contribution in [1.82, 2.24) is 0 Å². The molecule has 0 radical (unpaired) electrons. The van der Waals surface area contributed by atoms with Gasteiger partial charge in [-0.2, -0.15) is 0 Å². The summed E-state index contributed by atoms with van der Waals surface area (Å²) >= 11 is 0. The Morgan fingerprint density at radius 1 is 0.556 bits per heavy atom. The Morgan fingerprint density at radius 2 is 0.556 bits per heavy atom. The summed E-state index contributed by atoms with van der Waals surface area (Å²) < 4.78 is 45.9. The topological polar surface area (TPSA) is 233 Å². The number of hydrogen-bond donors (Lipinski definition) is 9. The van der Waals surface area contributed by atoms with Crippen molar-refractivity contribution < 1.29 is 66.5 Å². The van der Waals surface area contributed by atoms with Crippen LogP contribution in [0.5, 0.6) is 0 Å². The summed E-state index contributed by atoms with van der Waals surface area (Å²) in [5.41, 5.74) is 0. The van der Waals surface area contributed by atoms with Gasteiger partial charge in [-0.15, -0.1) is 0 Å². The lowest BCUT2D eigenvalue weighted by atomic mass is 11.7. The number of phosphoric acid groups is 3. The molecule has 0 rings (SSSR count). The molecule has 0 atom stereocenters. The van der Waals surface area contributed by atoms with Crippen molar-refractivity contribution in [3.8, 4) is 0 Å². The summed E-state index contributed by atoms with van der Waals surface area (Å²) in [6.07, 6.45) is 0. The molecule has 0 bridgehead atoms. The van der Waals surface area contributed by atoms with Gasteiger partial charge in [-0.25, -0.2) is 22.5 Å². The van der Waals surface area contributed by atoms with E-state index >= 15 is 0 Å². The summed E-state index contributed by atoms with van der Waals surface area (Å²) in [5.74, 6) is 0. The molecule has 0 saturated heterocycles. The minimum Gasteiger partial charge on any atom is -0.303 e. The molecule has 0 fully saturated rings. The van der Waals surface area contributed by atoms with Crippen LogP contribution in [0.4, 0.5) is 8.78 Å². The maximum Gasteiger partial charge on any atom is 0.466 e. The maximum atomic E-state index is 9.62. The van der Waals surface area contributed by atoms with Crippen LogP contribution in [0.3, 0.4) is 0 Å². The Kier molecular flexibility index (Phi) is 18.1. The van der Waals surface area contributed by atoms with Crippen molar-refractivity contribution in [2.45, 2.75) is 0 Å². The van der Waals surface area contributed by atoms with Crippen molar-refractivity contribution in [2.75, 3.05) is 6.93 Å². The molecule has 18 heavy (non-hydrogen) atoms. The molecule has 0 aromatic heterocycles. The monoisotopic (exact) mass is 346 g/mol. The minimum atomic E-state index is -4.64. The fourth-order valence-electron chi connectivity index (χ4n) is 0. The summed E-state index contributed by atoms with van der Waals surface area (Å²) in [5, 5.41) is 0. The Morgan fingerprint density at radius 3 is 0.556 bits per heavy atom. The van der Waals surface area contributed by atoms with Crippen LogP contribution in [0.1, 0.15) is 0 Å². The molecule has 0 heterocycles. The van der Waals surface area contributed by atoms with E-state index < -0.39 is 30.4 Å². The maximum absolute atomic E-state index is 9.62. The molecule has 0 amide bonds. The third-order valence-electron chi connectivity index (χ3n) is 0. The smallest absolute Gasteiger partial charge is 0.303 e. The van der Waals surface area contributed by atoms with Crippen molar-refractivity contribution in [3.05, 3.63) is 0 Å². The second-order valence-electron chi connectivity index (χ2n) is 1.64. The van der Waals surface area contributed by atoms with Crippen LogP contribution in [0.15, 0.2) is 0 Å². The SMILES string of the molecule is FCF.O=P(O)(O)O.O=P(O)(O)O.O=P(O)(O)O. The fourth-order valence-corrected chi connectivity index (χ4v) is 0. The molecule has 116 valence electrons. The van der Waals surface area contributed by atoms with Gasteiger partial charge >= 0.3 is 23.5 Å². The minimum absolute atomic E-state index is 1.75. The quantitative estimate of drug-likeness (QED) is 0.219. The molecule has 17 heteroatoms. The third-order valence-corrected chi connectivity index (χ3v) is 0. The largest absolute Gasteiger partial charge is 0.466 e. The first-order valence-electron chi connectivity index (χ1n) is 2.88. The Balaban J connectivity index is -0.0000000739. The first-order chi connectivity index (χ1) is 7.41. The van der Waals surface area contributed by atoms with Crippen LogP contribution < -0.4 is 0 Å². The van der Waals surface area contributed by atoms with E-state index in [1.54, 1.807) is 0 Å². The van der Waals surface area contributed by atoms with Gasteiger partial charge in [0.25, 0.3) is 0 Å². The molecule has 9 N–H and O–H groups in total. The Bertz CT molecular complexity index is 224. The van der Waals surface area contributed by atoms with E-state index in [1.807, 2.05) is 0 Å². The predicted octanol–water partition coefficient (Wildman–Crippen LogP) is -1.90. The normalized spacial score (nSPS) is 10.8. The van der Waals surface area contributed by atoms with Gasteiger partial charge in [-0.05, 0) is 0 Å². The van der Waals surface area contributed by atoms with Crippen LogP contribution in [0.2, 0.25) is 0 Å². The zero-order valence-corrected chi connectivity index (χ0v) is 10.7. The first kappa shape index (κ1) is 26.7. The lowest BCUT2D eigenvalue weighted by Crippen LogP contribution is -1.66.